The lowest BCUT2D eigenvalue weighted by Crippen LogP contribution is -2.37. The van der Waals surface area contributed by atoms with Crippen molar-refractivity contribution < 1.29 is 18.3 Å². The SMILES string of the molecule is CC(N)C(=O)NCc1cccnc1Oc1ccc(F)c(F)c1. The monoisotopic (exact) mass is 307 g/mol. The number of ether oxygens (including phenoxy) is 1. The average Bonchev–Trinajstić information content (AvgIpc) is 2.49. The minimum absolute atomic E-state index is 0.109. The van der Waals surface area contributed by atoms with Gasteiger partial charge in [0.1, 0.15) is 5.75 Å². The van der Waals surface area contributed by atoms with Gasteiger partial charge in [-0.25, -0.2) is 13.8 Å². The van der Waals surface area contributed by atoms with Gasteiger partial charge in [-0.1, -0.05) is 6.07 Å². The number of nitrogens with two attached hydrogens (primary N) is 1. The summed E-state index contributed by atoms with van der Waals surface area (Å²) in [5.41, 5.74) is 6.04. The molecule has 0 fully saturated rings. The molecule has 5 nitrogen and oxygen atoms in total. The van der Waals surface area contributed by atoms with E-state index in [9.17, 15) is 13.6 Å². The maximum absolute atomic E-state index is 13.2. The van der Waals surface area contributed by atoms with Crippen molar-refractivity contribution in [3.05, 3.63) is 53.7 Å². The molecular formula is C15H15F2N3O2. The second-order valence-electron chi connectivity index (χ2n) is 4.65. The van der Waals surface area contributed by atoms with Gasteiger partial charge in [-0.15, -0.1) is 0 Å². The molecule has 0 radical (unpaired) electrons. The van der Waals surface area contributed by atoms with Crippen LogP contribution in [0.25, 0.3) is 0 Å². The summed E-state index contributed by atoms with van der Waals surface area (Å²) in [4.78, 5) is 15.5. The number of nitrogens with one attached hydrogen (secondary N) is 1. The van der Waals surface area contributed by atoms with Crippen molar-refractivity contribution in [2.24, 2.45) is 5.73 Å². The van der Waals surface area contributed by atoms with E-state index >= 15 is 0 Å². The zero-order valence-electron chi connectivity index (χ0n) is 11.8. The lowest BCUT2D eigenvalue weighted by Gasteiger charge is -2.12. The van der Waals surface area contributed by atoms with Gasteiger partial charge in [-0.05, 0) is 25.1 Å². The molecule has 0 saturated carbocycles. The second-order valence-corrected chi connectivity index (χ2v) is 4.65. The van der Waals surface area contributed by atoms with E-state index in [1.807, 2.05) is 0 Å². The molecule has 0 aliphatic heterocycles. The van der Waals surface area contributed by atoms with Gasteiger partial charge in [-0.3, -0.25) is 4.79 Å². The molecule has 0 aliphatic carbocycles. The summed E-state index contributed by atoms with van der Waals surface area (Å²) in [6.07, 6.45) is 1.49. The standard InChI is InChI=1S/C15H15F2N3O2/c1-9(18)14(21)20-8-10-3-2-6-19-15(10)22-11-4-5-12(16)13(17)7-11/h2-7,9H,8,18H2,1H3,(H,20,21). The van der Waals surface area contributed by atoms with Gasteiger partial charge in [0.15, 0.2) is 11.6 Å². The Morgan fingerprint density at radius 2 is 2.14 bits per heavy atom. The second kappa shape index (κ2) is 6.95. The minimum atomic E-state index is -1.01. The van der Waals surface area contributed by atoms with E-state index in [1.165, 1.54) is 12.3 Å². The van der Waals surface area contributed by atoms with Gasteiger partial charge in [0.2, 0.25) is 11.8 Å². The first kappa shape index (κ1) is 15.8. The highest BCUT2D eigenvalue weighted by Gasteiger charge is 2.11. The molecule has 3 N–H and O–H groups in total. The molecule has 0 bridgehead atoms. The predicted octanol–water partition coefficient (Wildman–Crippen LogP) is 2.12. The Hall–Kier alpha value is -2.54. The van der Waals surface area contributed by atoms with Gasteiger partial charge in [0.25, 0.3) is 0 Å². The molecule has 116 valence electrons. The van der Waals surface area contributed by atoms with Crippen LogP contribution in [0, 0.1) is 11.6 Å². The summed E-state index contributed by atoms with van der Waals surface area (Å²) in [7, 11) is 0. The first-order valence-corrected chi connectivity index (χ1v) is 6.57. The smallest absolute Gasteiger partial charge is 0.236 e. The predicted molar refractivity (Wildman–Crippen MR) is 76.2 cm³/mol. The van der Waals surface area contributed by atoms with Crippen molar-refractivity contribution in [2.45, 2.75) is 19.5 Å². The summed E-state index contributed by atoms with van der Waals surface area (Å²) < 4.78 is 31.5. The molecule has 1 aromatic carbocycles. The topological polar surface area (TPSA) is 77.2 Å². The van der Waals surface area contributed by atoms with Gasteiger partial charge >= 0.3 is 0 Å². The Morgan fingerprint density at radius 3 is 2.82 bits per heavy atom. The van der Waals surface area contributed by atoms with E-state index in [0.717, 1.165) is 12.1 Å². The van der Waals surface area contributed by atoms with Crippen LogP contribution in [0.3, 0.4) is 0 Å². The zero-order chi connectivity index (χ0) is 16.1. The normalized spacial score (nSPS) is 11.8. The molecule has 7 heteroatoms. The fourth-order valence-corrected chi connectivity index (χ4v) is 1.65. The number of rotatable bonds is 5. The number of hydrogen-bond donors (Lipinski definition) is 2. The molecule has 1 atom stereocenters. The highest BCUT2D eigenvalue weighted by molar-refractivity contribution is 5.80. The average molecular weight is 307 g/mol. The van der Waals surface area contributed by atoms with Crippen LogP contribution in [0.2, 0.25) is 0 Å². The fourth-order valence-electron chi connectivity index (χ4n) is 1.65. The van der Waals surface area contributed by atoms with E-state index in [0.29, 0.717) is 5.56 Å². The van der Waals surface area contributed by atoms with E-state index < -0.39 is 17.7 Å². The summed E-state index contributed by atoms with van der Waals surface area (Å²) in [5, 5.41) is 2.63. The van der Waals surface area contributed by atoms with Crippen molar-refractivity contribution in [1.82, 2.24) is 10.3 Å². The Balaban J connectivity index is 2.14. The molecule has 1 aromatic heterocycles. The summed E-state index contributed by atoms with van der Waals surface area (Å²) in [5.74, 6) is -1.99. The fraction of sp³-hybridized carbons (Fsp3) is 0.200. The summed E-state index contributed by atoms with van der Waals surface area (Å²) in [6, 6.07) is 5.92. The lowest BCUT2D eigenvalue weighted by molar-refractivity contribution is -0.122. The van der Waals surface area contributed by atoms with Crippen LogP contribution in [-0.4, -0.2) is 16.9 Å². The number of pyridine rings is 1. The van der Waals surface area contributed by atoms with Gasteiger partial charge in [0.05, 0.1) is 6.04 Å². The molecule has 1 heterocycles. The number of amides is 1. The number of halogens is 2. The number of carbonyl (C=O) groups is 1. The van der Waals surface area contributed by atoms with E-state index in [-0.39, 0.29) is 24.1 Å². The van der Waals surface area contributed by atoms with Gasteiger partial charge in [-0.2, -0.15) is 0 Å². The lowest BCUT2D eigenvalue weighted by atomic mass is 10.2. The van der Waals surface area contributed by atoms with Crippen molar-refractivity contribution >= 4 is 5.91 Å². The van der Waals surface area contributed by atoms with Gasteiger partial charge in [0, 0.05) is 24.4 Å². The van der Waals surface area contributed by atoms with Crippen LogP contribution in [0.4, 0.5) is 8.78 Å². The number of aromatic nitrogens is 1. The summed E-state index contributed by atoms with van der Waals surface area (Å²) in [6.45, 7) is 1.73. The van der Waals surface area contributed by atoms with Crippen LogP contribution in [0.15, 0.2) is 36.5 Å². The Morgan fingerprint density at radius 1 is 1.36 bits per heavy atom. The molecule has 1 amide bonds. The molecule has 0 spiro atoms. The maximum Gasteiger partial charge on any atom is 0.236 e. The zero-order valence-corrected chi connectivity index (χ0v) is 11.8. The molecule has 2 rings (SSSR count). The van der Waals surface area contributed by atoms with Crippen LogP contribution in [-0.2, 0) is 11.3 Å². The van der Waals surface area contributed by atoms with Crippen molar-refractivity contribution in [3.8, 4) is 11.6 Å². The van der Waals surface area contributed by atoms with E-state index in [2.05, 4.69) is 10.3 Å². The molecule has 0 saturated heterocycles. The van der Waals surface area contributed by atoms with E-state index in [4.69, 9.17) is 10.5 Å². The molecule has 0 aliphatic rings. The molecular weight excluding hydrogens is 292 g/mol. The first-order valence-electron chi connectivity index (χ1n) is 6.57. The maximum atomic E-state index is 13.2. The largest absolute Gasteiger partial charge is 0.439 e. The first-order chi connectivity index (χ1) is 10.5. The summed E-state index contributed by atoms with van der Waals surface area (Å²) >= 11 is 0. The molecule has 1 unspecified atom stereocenters. The van der Waals surface area contributed by atoms with Crippen LogP contribution >= 0.6 is 0 Å². The number of carbonyl (C=O) groups excluding carboxylic acids is 1. The van der Waals surface area contributed by atoms with Crippen molar-refractivity contribution in [3.63, 3.8) is 0 Å². The van der Waals surface area contributed by atoms with Crippen LogP contribution in [0.1, 0.15) is 12.5 Å². The third-order valence-electron chi connectivity index (χ3n) is 2.82. The van der Waals surface area contributed by atoms with Crippen LogP contribution < -0.4 is 15.8 Å². The van der Waals surface area contributed by atoms with Crippen molar-refractivity contribution in [2.75, 3.05) is 0 Å². The van der Waals surface area contributed by atoms with Gasteiger partial charge < -0.3 is 15.8 Å². The Kier molecular flexibility index (Phi) is 5.00. The number of hydrogen-bond acceptors (Lipinski definition) is 4. The third kappa shape index (κ3) is 3.98. The quantitative estimate of drug-likeness (QED) is 0.887. The highest BCUT2D eigenvalue weighted by atomic mass is 19.2. The van der Waals surface area contributed by atoms with Crippen LogP contribution in [0.5, 0.6) is 11.6 Å². The Bertz CT molecular complexity index is 678. The highest BCUT2D eigenvalue weighted by Crippen LogP contribution is 2.24. The Labute approximate surface area is 126 Å². The van der Waals surface area contributed by atoms with E-state index in [1.54, 1.807) is 19.1 Å². The number of benzene rings is 1. The minimum Gasteiger partial charge on any atom is -0.439 e. The van der Waals surface area contributed by atoms with Crippen molar-refractivity contribution in [1.29, 1.82) is 0 Å². The number of nitrogens with zero attached hydrogens (tertiary/aromatic N) is 1. The third-order valence-corrected chi connectivity index (χ3v) is 2.82. The molecule has 2 aromatic rings. The molecule has 22 heavy (non-hydrogen) atoms.